The second-order valence-electron chi connectivity index (χ2n) is 24.8. The maximum absolute atomic E-state index is 14.1. The van der Waals surface area contributed by atoms with Gasteiger partial charge in [-0.05, 0) is 106 Å². The number of hydrogen-bond donors (Lipinski definition) is 8. The molecule has 0 fully saturated rings. The van der Waals surface area contributed by atoms with Gasteiger partial charge >= 0.3 is 5.97 Å². The van der Waals surface area contributed by atoms with Crippen molar-refractivity contribution in [2.45, 2.75) is 120 Å². The van der Waals surface area contributed by atoms with Crippen molar-refractivity contribution in [3.05, 3.63) is 175 Å². The van der Waals surface area contributed by atoms with Crippen molar-refractivity contribution in [2.75, 3.05) is 63.3 Å². The molecule has 0 spiro atoms. The topological polar surface area (TPSA) is 357 Å². The number of ketones is 2. The van der Waals surface area contributed by atoms with Gasteiger partial charge < -0.3 is 15.7 Å². The molecule has 3 amide bonds. The lowest BCUT2D eigenvalue weighted by Gasteiger charge is -2.19. The van der Waals surface area contributed by atoms with E-state index in [-0.39, 0.29) is 119 Å². The summed E-state index contributed by atoms with van der Waals surface area (Å²) in [6, 6.07) is 24.1. The van der Waals surface area contributed by atoms with Crippen LogP contribution in [0.2, 0.25) is 15.1 Å². The fraction of sp³-hybridized carbons (Fsp3) is 0.364. The molecule has 0 aliphatic carbocycles. The summed E-state index contributed by atoms with van der Waals surface area (Å²) in [6.45, 7) is 17.2. The van der Waals surface area contributed by atoms with Gasteiger partial charge in [0.15, 0.2) is 11.6 Å². The average Bonchev–Trinajstić information content (AvgIpc) is 0.807. The number of Topliss-reactive ketones (excluding diaryl/α,β-unsaturated/α-hetero) is 2. The van der Waals surface area contributed by atoms with E-state index < -0.39 is 98.4 Å². The Bertz CT molecular complexity index is 4370. The predicted octanol–water partition coefficient (Wildman–Crippen LogP) is 12.6. The third-order valence-electron chi connectivity index (χ3n) is 13.6. The van der Waals surface area contributed by atoms with Crippen LogP contribution < -0.4 is 36.1 Å². The molecule has 6 aromatic rings. The number of carboxylic acids is 1. The third-order valence-corrected chi connectivity index (χ3v) is 20.8. The Morgan fingerprint density at radius 3 is 0.970 bits per heavy atom. The Balaban J connectivity index is 0.000000486. The highest BCUT2D eigenvalue weighted by Gasteiger charge is 2.27. The fourth-order valence-corrected chi connectivity index (χ4v) is 13.1. The number of nitrogens with one attached hydrogen (secondary N) is 6. The molecule has 0 bridgehead atoms. The minimum Gasteiger partial charge on any atom is -0.481 e. The first-order valence-corrected chi connectivity index (χ1v) is 39.9. The summed E-state index contributed by atoms with van der Waals surface area (Å²) in [5.74, 6) is -0.563. The van der Waals surface area contributed by atoms with E-state index in [1.165, 1.54) is 48.2 Å². The Morgan fingerprint density at radius 2 is 0.730 bits per heavy atom. The number of nitrogen functional groups attached to an aromatic ring is 1. The first-order chi connectivity index (χ1) is 45.6. The highest BCUT2D eigenvalue weighted by Crippen LogP contribution is 2.32. The number of thioether (sulfide) groups is 2. The molecule has 0 aromatic heterocycles. The van der Waals surface area contributed by atoms with Gasteiger partial charge in [0.05, 0.1) is 88.8 Å². The number of hydrazine groups is 1. The number of hydrogen-bond acceptors (Lipinski definition) is 17. The Labute approximate surface area is 607 Å². The quantitative estimate of drug-likeness (QED) is 0.0150. The van der Waals surface area contributed by atoms with E-state index in [4.69, 9.17) is 45.8 Å². The van der Waals surface area contributed by atoms with E-state index in [1.807, 2.05) is 80.3 Å². The van der Waals surface area contributed by atoms with Gasteiger partial charge in [0.1, 0.15) is 27.3 Å². The van der Waals surface area contributed by atoms with Crippen LogP contribution in [-0.4, -0.2) is 123 Å². The van der Waals surface area contributed by atoms with Crippen LogP contribution in [0.3, 0.4) is 0 Å². The van der Waals surface area contributed by atoms with E-state index in [1.54, 1.807) is 48.2 Å². The highest BCUT2D eigenvalue weighted by atomic mass is 35.5. The normalized spacial score (nSPS) is 11.7. The molecule has 0 heterocycles. The minimum absolute atomic E-state index is 0. The van der Waals surface area contributed by atoms with E-state index in [2.05, 4.69) is 24.8 Å². The van der Waals surface area contributed by atoms with Gasteiger partial charge in [-0.3, -0.25) is 48.4 Å². The summed E-state index contributed by atoms with van der Waals surface area (Å²) >= 11 is 20.3. The smallest absolute Gasteiger partial charge is 0.304 e. The highest BCUT2D eigenvalue weighted by molar-refractivity contribution is 7.98. The van der Waals surface area contributed by atoms with Crippen LogP contribution in [0.1, 0.15) is 137 Å². The molecule has 6 rings (SSSR count). The van der Waals surface area contributed by atoms with Crippen LogP contribution >= 0.6 is 58.3 Å². The van der Waals surface area contributed by atoms with Gasteiger partial charge in [0.2, 0.25) is 0 Å². The molecule has 0 atom stereocenters. The SMILES string of the molecule is C.CC(C)(C)c1ccc(S(=O)(=O)Nc2cc(F)c(Cl)cc2C(=O)NCC(=O)CCS(C)(=O)=O)cc1.CC(C)(C)c1ccc(S(=O)(=O)Nc2cc(F)c(Cl)cc2C(=O)NN)cc1.CSCCC(=O)CNC(=O)c1cc(Cl)c(F)cc1NS(=O)(=O)c1ccc(C(C)(C)C)cc1.CSCCC(=O)O. The number of sulfonamides is 3. The number of amides is 3. The fourth-order valence-electron chi connectivity index (χ4n) is 7.98. The van der Waals surface area contributed by atoms with Gasteiger partial charge in [-0.25, -0.2) is 52.7 Å². The van der Waals surface area contributed by atoms with Crippen LogP contribution in [-0.2, 0) is 70.5 Å². The van der Waals surface area contributed by atoms with Crippen LogP contribution in [0.15, 0.2) is 124 Å². The van der Waals surface area contributed by atoms with Crippen LogP contribution in [0.4, 0.5) is 30.2 Å². The molecule has 0 unspecified atom stereocenters. The van der Waals surface area contributed by atoms with Crippen molar-refractivity contribution < 1.29 is 80.7 Å². The Kier molecular flexibility index (Phi) is 34.2. The number of rotatable bonds is 25. The second-order valence-corrected chi connectivity index (χ2v) is 35.3. The molecule has 6 aromatic carbocycles. The first kappa shape index (κ1) is 89.1. The van der Waals surface area contributed by atoms with Crippen molar-refractivity contribution in [3.8, 4) is 0 Å². The van der Waals surface area contributed by atoms with Gasteiger partial charge in [-0.1, -0.05) is 141 Å². The summed E-state index contributed by atoms with van der Waals surface area (Å²) in [5.41, 5.74) is 2.56. The van der Waals surface area contributed by atoms with E-state index in [0.29, 0.717) is 5.75 Å². The Morgan fingerprint density at radius 1 is 0.460 bits per heavy atom. The third kappa shape index (κ3) is 28.8. The molecule has 34 heteroatoms. The summed E-state index contributed by atoms with van der Waals surface area (Å²) in [7, 11) is -15.7. The number of nitrogens with two attached hydrogens (primary N) is 1. The second kappa shape index (κ2) is 38.4. The number of carboxylic acid groups (broad SMARTS) is 1. The van der Waals surface area contributed by atoms with Crippen molar-refractivity contribution in [1.29, 1.82) is 0 Å². The number of carbonyl (C=O) groups is 6. The predicted molar refractivity (Wildman–Crippen MR) is 393 cm³/mol. The van der Waals surface area contributed by atoms with E-state index in [9.17, 15) is 75.6 Å². The van der Waals surface area contributed by atoms with Crippen molar-refractivity contribution in [1.82, 2.24) is 16.1 Å². The van der Waals surface area contributed by atoms with Crippen LogP contribution in [0.5, 0.6) is 0 Å². The number of sulfone groups is 1. The summed E-state index contributed by atoms with van der Waals surface area (Å²) in [5, 5.41) is 11.6. The zero-order chi connectivity index (χ0) is 75.4. The first-order valence-electron chi connectivity index (χ1n) is 29.4. The number of anilines is 3. The monoisotopic (exact) mass is 1570 g/mol. The average molecular weight is 1570 g/mol. The molecule has 0 saturated heterocycles. The summed E-state index contributed by atoms with van der Waals surface area (Å²) in [6.07, 6.45) is 5.00. The van der Waals surface area contributed by atoms with Crippen LogP contribution in [0.25, 0.3) is 0 Å². The molecule has 0 aliphatic heterocycles. The lowest BCUT2D eigenvalue weighted by atomic mass is 9.87. The molecule has 0 radical (unpaired) electrons. The lowest BCUT2D eigenvalue weighted by molar-refractivity contribution is -0.136. The van der Waals surface area contributed by atoms with Gasteiger partial charge in [-0.15, -0.1) is 0 Å². The maximum atomic E-state index is 14.1. The number of carbonyl (C=O) groups excluding carboxylic acids is 5. The molecule has 22 nitrogen and oxygen atoms in total. The Hall–Kier alpha value is -6.94. The largest absolute Gasteiger partial charge is 0.481 e. The van der Waals surface area contributed by atoms with Gasteiger partial charge in [-0.2, -0.15) is 23.5 Å². The number of halogens is 6. The standard InChI is InChI=1S/C22H26ClFN2O6S2.C22H26ClFN2O4S2.C17H19ClFN3O3S.C4H8O2S.CH4/c1-22(2,3)14-5-7-16(8-6-14)34(31,32)26-20-12-19(24)18(23)11-17(20)21(28)25-13-15(27)9-10-33(4,29)30;1-22(2,3)14-5-7-16(8-6-14)32(29,30)26-20-12-19(24)18(23)11-17(20)21(28)25-13-15(27)9-10-31-4;1-17(2,3)10-4-6-11(7-5-10)26(24,25)22-15-9-14(19)13(18)8-12(15)16(23)21-20;1-7-3-2-4(5)6;/h5-8,11-12,26H,9-10,13H2,1-4H3,(H,25,28);5-8,11-12,26H,9-10,13H2,1-4H3,(H,25,28);4-9,22H,20H2,1-3H3,(H,21,23);2-3H2,1H3,(H,5,6);1H4. The minimum atomic E-state index is -4.19. The molecular weight excluding hydrogens is 1490 g/mol. The van der Waals surface area contributed by atoms with Crippen molar-refractivity contribution in [3.63, 3.8) is 0 Å². The number of aliphatic carboxylic acids is 1. The molecule has 9 N–H and O–H groups in total. The van der Waals surface area contributed by atoms with Gasteiger partial charge in [0.25, 0.3) is 47.8 Å². The lowest BCUT2D eigenvalue weighted by Crippen LogP contribution is -2.31. The molecule has 0 aliphatic rings. The zero-order valence-electron chi connectivity index (χ0n) is 56.0. The van der Waals surface area contributed by atoms with Gasteiger partial charge in [0, 0.05) is 43.0 Å². The summed E-state index contributed by atoms with van der Waals surface area (Å²) < 4.78 is 148. The van der Waals surface area contributed by atoms with E-state index in [0.717, 1.165) is 65.1 Å². The van der Waals surface area contributed by atoms with Crippen molar-refractivity contribution >= 4 is 151 Å². The molecule has 100 heavy (non-hydrogen) atoms. The molecule has 0 saturated carbocycles. The molecule has 550 valence electrons. The van der Waals surface area contributed by atoms with Crippen molar-refractivity contribution in [2.24, 2.45) is 5.84 Å². The number of benzene rings is 6. The summed E-state index contributed by atoms with van der Waals surface area (Å²) in [4.78, 5) is 70.3. The van der Waals surface area contributed by atoms with E-state index >= 15 is 0 Å². The van der Waals surface area contributed by atoms with Crippen LogP contribution in [0, 0.1) is 17.5 Å². The maximum Gasteiger partial charge on any atom is 0.304 e. The zero-order valence-corrected chi connectivity index (χ0v) is 63.2. The molecular formula is C66H83Cl3F3N7O15S6.